The number of quaternary nitrogens is 1. The Hall–Kier alpha value is -1.28. The number of unbranched alkanes of at least 4 members (excludes halogenated alkanes) is 29. The highest BCUT2D eigenvalue weighted by atomic mass is 31.2. The fraction of sp³-hybridized carbons (Fsp3) is 0.863. The average Bonchev–Trinajstić information content (AvgIpc) is 3.20. The topological polar surface area (TPSA) is 108 Å². The van der Waals surface area contributed by atoms with Gasteiger partial charge in [0.1, 0.15) is 13.2 Å². The summed E-state index contributed by atoms with van der Waals surface area (Å²) in [5, 5.41) is 13.8. The van der Waals surface area contributed by atoms with Crippen molar-refractivity contribution in [3.8, 4) is 0 Å². The monoisotopic (exact) mass is 867 g/mol. The summed E-state index contributed by atoms with van der Waals surface area (Å²) in [5.41, 5.74) is 0. The number of allylic oxidation sites excluding steroid dienone is 5. The van der Waals surface area contributed by atoms with Gasteiger partial charge in [-0.15, -0.1) is 0 Å². The molecule has 0 heterocycles. The number of nitrogens with zero attached hydrogens (tertiary/aromatic N) is 1. The predicted molar refractivity (Wildman–Crippen MR) is 256 cm³/mol. The van der Waals surface area contributed by atoms with E-state index in [0.717, 1.165) is 38.5 Å². The molecule has 0 aromatic rings. The van der Waals surface area contributed by atoms with Crippen LogP contribution in [-0.2, 0) is 18.4 Å². The number of likely N-dealkylation sites (N-methyl/N-ethyl adjacent to an activating group) is 1. The number of rotatable bonds is 46. The van der Waals surface area contributed by atoms with Crippen LogP contribution < -0.4 is 10.2 Å². The fourth-order valence-electron chi connectivity index (χ4n) is 7.28. The molecular formula is C51H99N2O6P. The van der Waals surface area contributed by atoms with E-state index in [0.29, 0.717) is 17.4 Å². The number of hydrogen-bond acceptors (Lipinski definition) is 6. The maximum absolute atomic E-state index is 12.9. The van der Waals surface area contributed by atoms with Gasteiger partial charge in [0.2, 0.25) is 5.91 Å². The zero-order valence-electron chi connectivity index (χ0n) is 40.2. The first-order chi connectivity index (χ1) is 29.0. The van der Waals surface area contributed by atoms with Gasteiger partial charge in [0.25, 0.3) is 7.82 Å². The molecule has 0 aromatic heterocycles. The molecule has 0 saturated heterocycles. The van der Waals surface area contributed by atoms with E-state index in [1.165, 1.54) is 173 Å². The van der Waals surface area contributed by atoms with Crippen LogP contribution in [0.25, 0.3) is 0 Å². The van der Waals surface area contributed by atoms with Crippen molar-refractivity contribution in [1.29, 1.82) is 0 Å². The first-order valence-electron chi connectivity index (χ1n) is 25.4. The molecule has 354 valence electrons. The normalized spacial score (nSPS) is 14.4. The number of phosphoric ester groups is 1. The number of carbonyl (C=O) groups is 1. The van der Waals surface area contributed by atoms with Crippen molar-refractivity contribution in [3.05, 3.63) is 36.5 Å². The number of nitrogens with one attached hydrogen (secondary N) is 1. The Morgan fingerprint density at radius 2 is 0.933 bits per heavy atom. The van der Waals surface area contributed by atoms with Crippen LogP contribution in [-0.4, -0.2) is 68.5 Å². The Bertz CT molecular complexity index is 1070. The Morgan fingerprint density at radius 1 is 0.567 bits per heavy atom. The molecule has 9 heteroatoms. The molecule has 0 fully saturated rings. The molecule has 0 rings (SSSR count). The minimum Gasteiger partial charge on any atom is -0.756 e. The number of hydrogen-bond donors (Lipinski definition) is 2. The van der Waals surface area contributed by atoms with Crippen molar-refractivity contribution in [2.75, 3.05) is 40.9 Å². The van der Waals surface area contributed by atoms with Crippen molar-refractivity contribution in [2.45, 2.75) is 244 Å². The van der Waals surface area contributed by atoms with Crippen LogP contribution in [0.2, 0.25) is 0 Å². The molecule has 3 unspecified atom stereocenters. The minimum atomic E-state index is -4.60. The zero-order valence-corrected chi connectivity index (χ0v) is 41.1. The van der Waals surface area contributed by atoms with Crippen LogP contribution in [0, 0.1) is 0 Å². The lowest BCUT2D eigenvalue weighted by atomic mass is 10.0. The molecule has 0 aliphatic carbocycles. The maximum atomic E-state index is 12.9. The Morgan fingerprint density at radius 3 is 1.35 bits per heavy atom. The Labute approximate surface area is 372 Å². The lowest BCUT2D eigenvalue weighted by Crippen LogP contribution is -2.45. The van der Waals surface area contributed by atoms with Crippen LogP contribution in [0.4, 0.5) is 0 Å². The lowest BCUT2D eigenvalue weighted by Gasteiger charge is -2.29. The zero-order chi connectivity index (χ0) is 44.3. The third kappa shape index (κ3) is 44.8. The second-order valence-corrected chi connectivity index (χ2v) is 19.9. The van der Waals surface area contributed by atoms with Crippen LogP contribution in [0.5, 0.6) is 0 Å². The van der Waals surface area contributed by atoms with E-state index in [1.54, 1.807) is 6.08 Å². The third-order valence-corrected chi connectivity index (χ3v) is 12.3. The van der Waals surface area contributed by atoms with Gasteiger partial charge in [-0.25, -0.2) is 0 Å². The summed E-state index contributed by atoms with van der Waals surface area (Å²) < 4.78 is 23.3. The van der Waals surface area contributed by atoms with Crippen molar-refractivity contribution in [2.24, 2.45) is 0 Å². The number of amides is 1. The van der Waals surface area contributed by atoms with Gasteiger partial charge in [0, 0.05) is 6.42 Å². The molecule has 0 aliphatic heterocycles. The van der Waals surface area contributed by atoms with Gasteiger partial charge in [-0.1, -0.05) is 204 Å². The molecule has 0 saturated carbocycles. The van der Waals surface area contributed by atoms with E-state index < -0.39 is 26.6 Å². The summed E-state index contributed by atoms with van der Waals surface area (Å²) in [6.07, 6.45) is 53.4. The maximum Gasteiger partial charge on any atom is 0.268 e. The fourth-order valence-corrected chi connectivity index (χ4v) is 8.00. The van der Waals surface area contributed by atoms with Gasteiger partial charge in [-0.05, 0) is 57.8 Å². The van der Waals surface area contributed by atoms with Crippen molar-refractivity contribution >= 4 is 13.7 Å². The summed E-state index contributed by atoms with van der Waals surface area (Å²) in [6, 6.07) is -0.904. The largest absolute Gasteiger partial charge is 0.756 e. The van der Waals surface area contributed by atoms with Crippen molar-refractivity contribution in [3.63, 3.8) is 0 Å². The van der Waals surface area contributed by atoms with E-state index in [4.69, 9.17) is 9.05 Å². The second kappa shape index (κ2) is 43.0. The van der Waals surface area contributed by atoms with Gasteiger partial charge in [0.15, 0.2) is 0 Å². The highest BCUT2D eigenvalue weighted by molar-refractivity contribution is 7.45. The Balaban J connectivity index is 4.38. The second-order valence-electron chi connectivity index (χ2n) is 18.5. The predicted octanol–water partition coefficient (Wildman–Crippen LogP) is 14.0. The van der Waals surface area contributed by atoms with Crippen molar-refractivity contribution < 1.29 is 32.9 Å². The summed E-state index contributed by atoms with van der Waals surface area (Å²) in [7, 11) is 1.24. The quantitative estimate of drug-likeness (QED) is 0.0273. The molecule has 0 aliphatic rings. The molecular weight excluding hydrogens is 768 g/mol. The van der Waals surface area contributed by atoms with E-state index >= 15 is 0 Å². The number of aliphatic hydroxyl groups is 1. The highest BCUT2D eigenvalue weighted by Gasteiger charge is 2.23. The molecule has 0 radical (unpaired) electrons. The molecule has 2 N–H and O–H groups in total. The van der Waals surface area contributed by atoms with Gasteiger partial charge in [-0.2, -0.15) is 0 Å². The van der Waals surface area contributed by atoms with Crippen LogP contribution in [0.15, 0.2) is 36.5 Å². The molecule has 8 nitrogen and oxygen atoms in total. The molecule has 0 aromatic carbocycles. The summed E-state index contributed by atoms with van der Waals surface area (Å²) >= 11 is 0. The van der Waals surface area contributed by atoms with Crippen LogP contribution >= 0.6 is 7.82 Å². The number of phosphoric acid groups is 1. The summed E-state index contributed by atoms with van der Waals surface area (Å²) in [5.74, 6) is -0.211. The van der Waals surface area contributed by atoms with Crippen LogP contribution in [0.3, 0.4) is 0 Å². The van der Waals surface area contributed by atoms with Gasteiger partial charge in [0.05, 0.1) is 39.9 Å². The molecule has 0 bridgehead atoms. The minimum absolute atomic E-state index is 0.00686. The summed E-state index contributed by atoms with van der Waals surface area (Å²) in [6.45, 7) is 4.64. The summed E-state index contributed by atoms with van der Waals surface area (Å²) in [4.78, 5) is 25.4. The van der Waals surface area contributed by atoms with Gasteiger partial charge in [-0.3, -0.25) is 9.36 Å². The molecule has 1 amide bonds. The highest BCUT2D eigenvalue weighted by Crippen LogP contribution is 2.38. The van der Waals surface area contributed by atoms with E-state index in [9.17, 15) is 19.4 Å². The van der Waals surface area contributed by atoms with E-state index in [2.05, 4.69) is 43.5 Å². The smallest absolute Gasteiger partial charge is 0.268 e. The van der Waals surface area contributed by atoms with E-state index in [-0.39, 0.29) is 12.5 Å². The van der Waals surface area contributed by atoms with Gasteiger partial charge >= 0.3 is 0 Å². The number of carbonyl (C=O) groups excluding carboxylic acids is 1. The lowest BCUT2D eigenvalue weighted by molar-refractivity contribution is -0.870. The molecule has 60 heavy (non-hydrogen) atoms. The van der Waals surface area contributed by atoms with Crippen LogP contribution in [0.1, 0.15) is 232 Å². The van der Waals surface area contributed by atoms with Gasteiger partial charge < -0.3 is 28.8 Å². The number of aliphatic hydroxyl groups excluding tert-OH is 1. The third-order valence-electron chi connectivity index (χ3n) is 11.3. The molecule has 3 atom stereocenters. The first-order valence-corrected chi connectivity index (χ1v) is 26.8. The SMILES string of the molecule is CCCCCCCCC/C=C\CCCCCCCCCC(=O)NC(COP(=O)([O-])OCC[N+](C)(C)C)C(O)/C=C/CC/C=C/CCCCCCCCCCCCCCCC. The average molecular weight is 867 g/mol. The van der Waals surface area contributed by atoms with E-state index in [1.807, 2.05) is 27.2 Å². The Kier molecular flexibility index (Phi) is 42.1. The first kappa shape index (κ1) is 58.7. The van der Waals surface area contributed by atoms with Crippen molar-refractivity contribution in [1.82, 2.24) is 5.32 Å². The standard InChI is InChI=1S/C51H99N2O6P/c1-6-8-10-12-14-16-18-20-22-24-26-27-28-30-32-34-36-38-40-42-44-50(54)49(48-59-60(56,57)58-47-46-53(3,4)5)52-51(55)45-43-41-39-37-35-33-31-29-25-23-21-19-17-15-13-11-9-7-2/h23,25,34,36,42,44,49-50,54H,6-22,24,26-33,35,37-41,43,45-48H2,1-5H3,(H-,52,55,56,57)/b25-23-,36-34+,44-42+. The molecule has 0 spiro atoms.